The monoisotopic (exact) mass is 204 g/mol. The highest BCUT2D eigenvalue weighted by Gasteiger charge is 2.18. The van der Waals surface area contributed by atoms with Gasteiger partial charge in [0.25, 0.3) is 0 Å². The average Bonchev–Trinajstić information content (AvgIpc) is 2.37. The average molecular weight is 205 g/mol. The van der Waals surface area contributed by atoms with Crippen molar-refractivity contribution in [3.8, 4) is 0 Å². The topological polar surface area (TPSA) is 37.3 Å². The summed E-state index contributed by atoms with van der Waals surface area (Å²) in [5, 5.41) is 8.80. The first-order valence-electron chi connectivity index (χ1n) is 3.63. The zero-order chi connectivity index (χ0) is 9.14. The van der Waals surface area contributed by atoms with Crippen molar-refractivity contribution in [3.05, 3.63) is 21.3 Å². The molecular weight excluding hydrogens is 196 g/mol. The Morgan fingerprint density at radius 2 is 2.42 bits per heavy atom. The van der Waals surface area contributed by atoms with Crippen LogP contribution in [0.25, 0.3) is 0 Å². The van der Waals surface area contributed by atoms with Crippen molar-refractivity contribution in [1.82, 2.24) is 0 Å². The molecule has 1 unspecified atom stereocenters. The highest BCUT2D eigenvalue weighted by molar-refractivity contribution is 7.16. The van der Waals surface area contributed by atoms with Gasteiger partial charge in [-0.1, -0.05) is 18.5 Å². The molecule has 1 atom stereocenters. The quantitative estimate of drug-likeness (QED) is 0.822. The lowest BCUT2D eigenvalue weighted by atomic mass is 10.1. The van der Waals surface area contributed by atoms with Gasteiger partial charge in [0.2, 0.25) is 0 Å². The zero-order valence-electron chi connectivity index (χ0n) is 6.58. The van der Waals surface area contributed by atoms with Gasteiger partial charge in [0.05, 0.1) is 10.3 Å². The fourth-order valence-corrected chi connectivity index (χ4v) is 2.25. The van der Waals surface area contributed by atoms with E-state index in [-0.39, 0.29) is 0 Å². The predicted molar refractivity (Wildman–Crippen MR) is 50.0 cm³/mol. The molecule has 1 aromatic rings. The summed E-state index contributed by atoms with van der Waals surface area (Å²) >= 11 is 7.03. The van der Waals surface area contributed by atoms with Crippen molar-refractivity contribution in [2.45, 2.75) is 19.3 Å². The number of carboxylic acids is 1. The first-order chi connectivity index (χ1) is 5.65. The van der Waals surface area contributed by atoms with Gasteiger partial charge in [-0.05, 0) is 18.6 Å². The third-order valence-corrected chi connectivity index (χ3v) is 2.99. The molecule has 0 aliphatic rings. The van der Waals surface area contributed by atoms with Crippen LogP contribution in [0.3, 0.4) is 0 Å². The number of hydrogen-bond donors (Lipinski definition) is 1. The predicted octanol–water partition coefficient (Wildman–Crippen LogP) is 2.98. The lowest BCUT2D eigenvalue weighted by Gasteiger charge is -2.05. The van der Waals surface area contributed by atoms with Crippen LogP contribution in [0, 0.1) is 0 Å². The Kier molecular flexibility index (Phi) is 3.12. The Labute approximate surface area is 79.8 Å². The van der Waals surface area contributed by atoms with Crippen molar-refractivity contribution >= 4 is 28.9 Å². The van der Waals surface area contributed by atoms with E-state index in [0.29, 0.717) is 10.8 Å². The smallest absolute Gasteiger partial charge is 0.311 e. The molecular formula is C8H9ClO2S. The minimum absolute atomic E-state index is 0.400. The Balaban J connectivity index is 2.87. The molecule has 0 spiro atoms. The molecule has 1 rings (SSSR count). The number of carbonyl (C=O) groups is 1. The van der Waals surface area contributed by atoms with Gasteiger partial charge in [-0.25, -0.2) is 0 Å². The van der Waals surface area contributed by atoms with Gasteiger partial charge in [0.15, 0.2) is 0 Å². The fraction of sp³-hybridized carbons (Fsp3) is 0.375. The van der Waals surface area contributed by atoms with Crippen molar-refractivity contribution in [3.63, 3.8) is 0 Å². The molecule has 0 saturated carbocycles. The summed E-state index contributed by atoms with van der Waals surface area (Å²) < 4.78 is 0.643. The molecule has 0 aliphatic heterocycles. The summed E-state index contributed by atoms with van der Waals surface area (Å²) in [6.45, 7) is 1.85. The molecule has 0 fully saturated rings. The summed E-state index contributed by atoms with van der Waals surface area (Å²) in [5.41, 5.74) is 0. The van der Waals surface area contributed by atoms with Gasteiger partial charge in [-0.2, -0.15) is 0 Å². The Morgan fingerprint density at radius 3 is 2.75 bits per heavy atom. The number of aliphatic carboxylic acids is 1. The molecule has 0 aliphatic carbocycles. The van der Waals surface area contributed by atoms with Crippen molar-refractivity contribution in [2.24, 2.45) is 0 Å². The van der Waals surface area contributed by atoms with Crippen LogP contribution < -0.4 is 0 Å². The number of carboxylic acid groups (broad SMARTS) is 1. The normalized spacial score (nSPS) is 12.8. The minimum atomic E-state index is -0.781. The molecule has 0 aromatic carbocycles. The van der Waals surface area contributed by atoms with Gasteiger partial charge in [-0.15, -0.1) is 11.3 Å². The van der Waals surface area contributed by atoms with Gasteiger partial charge in [0.1, 0.15) is 0 Å². The zero-order valence-corrected chi connectivity index (χ0v) is 8.15. The van der Waals surface area contributed by atoms with E-state index in [1.54, 1.807) is 12.1 Å². The first-order valence-corrected chi connectivity index (χ1v) is 4.82. The van der Waals surface area contributed by atoms with E-state index in [2.05, 4.69) is 0 Å². The van der Waals surface area contributed by atoms with Gasteiger partial charge in [0, 0.05) is 4.88 Å². The second-order valence-corrected chi connectivity index (χ2v) is 4.19. The summed E-state index contributed by atoms with van der Waals surface area (Å²) in [5.74, 6) is -1.18. The summed E-state index contributed by atoms with van der Waals surface area (Å²) in [6.07, 6.45) is 0.603. The van der Waals surface area contributed by atoms with Gasteiger partial charge >= 0.3 is 5.97 Å². The van der Waals surface area contributed by atoms with Crippen molar-refractivity contribution in [1.29, 1.82) is 0 Å². The van der Waals surface area contributed by atoms with E-state index in [9.17, 15) is 4.79 Å². The lowest BCUT2D eigenvalue weighted by Crippen LogP contribution is -2.08. The maximum absolute atomic E-state index is 10.7. The third-order valence-electron chi connectivity index (χ3n) is 1.64. The molecule has 0 bridgehead atoms. The van der Waals surface area contributed by atoms with Crippen LogP contribution in [0.5, 0.6) is 0 Å². The van der Waals surface area contributed by atoms with Crippen LogP contribution in [0.1, 0.15) is 24.1 Å². The summed E-state index contributed by atoms with van der Waals surface area (Å²) in [4.78, 5) is 11.5. The maximum Gasteiger partial charge on any atom is 0.311 e. The first kappa shape index (κ1) is 9.55. The maximum atomic E-state index is 10.7. The van der Waals surface area contributed by atoms with Gasteiger partial charge < -0.3 is 5.11 Å². The number of thiophene rings is 1. The third kappa shape index (κ3) is 1.99. The summed E-state index contributed by atoms with van der Waals surface area (Å²) in [7, 11) is 0. The highest BCUT2D eigenvalue weighted by atomic mass is 35.5. The number of halogens is 1. The molecule has 12 heavy (non-hydrogen) atoms. The van der Waals surface area contributed by atoms with E-state index < -0.39 is 11.9 Å². The molecule has 4 heteroatoms. The van der Waals surface area contributed by atoms with E-state index in [1.165, 1.54) is 11.3 Å². The highest BCUT2D eigenvalue weighted by Crippen LogP contribution is 2.30. The molecule has 1 heterocycles. The fourth-order valence-electron chi connectivity index (χ4n) is 1.01. The molecule has 0 radical (unpaired) electrons. The van der Waals surface area contributed by atoms with E-state index in [1.807, 2.05) is 6.92 Å². The van der Waals surface area contributed by atoms with Gasteiger partial charge in [-0.3, -0.25) is 4.79 Å². The van der Waals surface area contributed by atoms with E-state index in [4.69, 9.17) is 16.7 Å². The van der Waals surface area contributed by atoms with Crippen molar-refractivity contribution < 1.29 is 9.90 Å². The second kappa shape index (κ2) is 3.92. The molecule has 66 valence electrons. The Hall–Kier alpha value is -0.540. The van der Waals surface area contributed by atoms with E-state index in [0.717, 1.165) is 4.88 Å². The molecule has 0 saturated heterocycles. The number of hydrogen-bond acceptors (Lipinski definition) is 2. The van der Waals surface area contributed by atoms with Crippen LogP contribution in [-0.4, -0.2) is 11.1 Å². The van der Waals surface area contributed by atoms with Crippen LogP contribution in [0.15, 0.2) is 12.1 Å². The van der Waals surface area contributed by atoms with Crippen LogP contribution in [0.4, 0.5) is 0 Å². The standard InChI is InChI=1S/C8H9ClO2S/c1-2-5(8(10)11)6-3-4-7(9)12-6/h3-5H,2H2,1H3,(H,10,11). The van der Waals surface area contributed by atoms with E-state index >= 15 is 0 Å². The minimum Gasteiger partial charge on any atom is -0.481 e. The second-order valence-electron chi connectivity index (χ2n) is 2.44. The van der Waals surface area contributed by atoms with Crippen LogP contribution >= 0.6 is 22.9 Å². The Morgan fingerprint density at radius 1 is 1.75 bits per heavy atom. The van der Waals surface area contributed by atoms with Crippen molar-refractivity contribution in [2.75, 3.05) is 0 Å². The lowest BCUT2D eigenvalue weighted by molar-refractivity contribution is -0.138. The number of rotatable bonds is 3. The molecule has 0 amide bonds. The van der Waals surface area contributed by atoms with Crippen LogP contribution in [0.2, 0.25) is 4.34 Å². The molecule has 1 N–H and O–H groups in total. The SMILES string of the molecule is CCC(C(=O)O)c1ccc(Cl)s1. The Bertz CT molecular complexity index is 282. The van der Waals surface area contributed by atoms with Crippen LogP contribution in [-0.2, 0) is 4.79 Å². The molecule has 2 nitrogen and oxygen atoms in total. The molecule has 1 aromatic heterocycles. The summed E-state index contributed by atoms with van der Waals surface area (Å²) in [6, 6.07) is 3.50. The largest absolute Gasteiger partial charge is 0.481 e.